The van der Waals surface area contributed by atoms with E-state index in [4.69, 9.17) is 0 Å². The van der Waals surface area contributed by atoms with E-state index in [0.717, 1.165) is 37.7 Å². The van der Waals surface area contributed by atoms with Crippen molar-refractivity contribution in [1.82, 2.24) is 20.4 Å². The zero-order valence-corrected chi connectivity index (χ0v) is 15.2. The third-order valence-electron chi connectivity index (χ3n) is 6.50. The molecule has 27 heavy (non-hydrogen) atoms. The number of nitrogens with one attached hydrogen (secondary N) is 2. The molecule has 0 radical (unpaired) electrons. The molecular weight excluding hydrogens is 344 g/mol. The summed E-state index contributed by atoms with van der Waals surface area (Å²) < 4.78 is 0. The molecule has 4 aliphatic rings. The second-order valence-corrected chi connectivity index (χ2v) is 8.14. The van der Waals surface area contributed by atoms with Gasteiger partial charge in [-0.25, -0.2) is 0 Å². The largest absolute Gasteiger partial charge is 0.322 e. The summed E-state index contributed by atoms with van der Waals surface area (Å²) in [6.45, 7) is 4.71. The van der Waals surface area contributed by atoms with Gasteiger partial charge in [-0.3, -0.25) is 24.6 Å². The summed E-state index contributed by atoms with van der Waals surface area (Å²) >= 11 is 0. The molecule has 0 spiro atoms. The van der Waals surface area contributed by atoms with Crippen LogP contribution in [0.25, 0.3) is 0 Å². The number of fused-ring (bicyclic) bond motifs is 2. The molecule has 5 rings (SSSR count). The molecule has 4 heterocycles. The summed E-state index contributed by atoms with van der Waals surface area (Å²) in [6, 6.07) is 6.14. The van der Waals surface area contributed by atoms with Crippen LogP contribution in [-0.2, 0) is 22.7 Å². The molecule has 3 unspecified atom stereocenters. The van der Waals surface area contributed by atoms with Crippen molar-refractivity contribution < 1.29 is 14.4 Å². The minimum atomic E-state index is -0.546. The van der Waals surface area contributed by atoms with E-state index < -0.39 is 6.04 Å². The van der Waals surface area contributed by atoms with Gasteiger partial charge in [0.25, 0.3) is 5.91 Å². The van der Waals surface area contributed by atoms with Crippen LogP contribution in [0.15, 0.2) is 18.2 Å². The van der Waals surface area contributed by atoms with E-state index in [1.165, 1.54) is 12.0 Å². The third-order valence-corrected chi connectivity index (χ3v) is 6.50. The molecule has 142 valence electrons. The zero-order chi connectivity index (χ0) is 18.5. The lowest BCUT2D eigenvalue weighted by molar-refractivity contribution is -0.136. The van der Waals surface area contributed by atoms with Crippen LogP contribution in [0.3, 0.4) is 0 Å². The molecule has 4 aliphatic heterocycles. The summed E-state index contributed by atoms with van der Waals surface area (Å²) in [5.74, 6) is 0.105. The van der Waals surface area contributed by atoms with Gasteiger partial charge in [-0.2, -0.15) is 0 Å². The van der Waals surface area contributed by atoms with Gasteiger partial charge in [-0.05, 0) is 42.5 Å². The summed E-state index contributed by atoms with van der Waals surface area (Å²) in [6.07, 6.45) is 1.95. The van der Waals surface area contributed by atoms with Gasteiger partial charge in [0.05, 0.1) is 0 Å². The Morgan fingerprint density at radius 1 is 1.15 bits per heavy atom. The maximum absolute atomic E-state index is 12.8. The quantitative estimate of drug-likeness (QED) is 0.747. The summed E-state index contributed by atoms with van der Waals surface area (Å²) in [5.41, 5.74) is 2.89. The third kappa shape index (κ3) is 2.85. The second kappa shape index (κ2) is 6.42. The Morgan fingerprint density at radius 2 is 2.04 bits per heavy atom. The van der Waals surface area contributed by atoms with Gasteiger partial charge in [0.2, 0.25) is 11.8 Å². The van der Waals surface area contributed by atoms with E-state index in [-0.39, 0.29) is 24.1 Å². The van der Waals surface area contributed by atoms with Gasteiger partial charge >= 0.3 is 0 Å². The van der Waals surface area contributed by atoms with E-state index in [1.807, 2.05) is 12.1 Å². The molecule has 7 heteroatoms. The Kier molecular flexibility index (Phi) is 4.02. The number of rotatable bonds is 3. The number of hydrogen-bond donors (Lipinski definition) is 2. The molecule has 0 bridgehead atoms. The van der Waals surface area contributed by atoms with Crippen molar-refractivity contribution in [2.24, 2.45) is 5.92 Å². The number of carbonyl (C=O) groups excluding carboxylic acids is 3. The molecule has 0 saturated carbocycles. The van der Waals surface area contributed by atoms with Crippen molar-refractivity contribution in [3.05, 3.63) is 34.9 Å². The highest BCUT2D eigenvalue weighted by Crippen LogP contribution is 2.33. The van der Waals surface area contributed by atoms with E-state index >= 15 is 0 Å². The van der Waals surface area contributed by atoms with Gasteiger partial charge in [0.1, 0.15) is 6.04 Å². The average molecular weight is 368 g/mol. The summed E-state index contributed by atoms with van der Waals surface area (Å²) in [5, 5.41) is 5.82. The maximum atomic E-state index is 12.8. The van der Waals surface area contributed by atoms with Gasteiger partial charge in [0.15, 0.2) is 0 Å². The van der Waals surface area contributed by atoms with Crippen LogP contribution in [0.5, 0.6) is 0 Å². The summed E-state index contributed by atoms with van der Waals surface area (Å²) in [4.78, 5) is 40.4. The normalized spacial score (nSPS) is 30.6. The fourth-order valence-electron chi connectivity index (χ4n) is 4.98. The van der Waals surface area contributed by atoms with Crippen molar-refractivity contribution in [3.8, 4) is 0 Å². The highest BCUT2D eigenvalue weighted by atomic mass is 16.2. The first-order chi connectivity index (χ1) is 13.1. The minimum absolute atomic E-state index is 0.105. The predicted molar refractivity (Wildman–Crippen MR) is 97.7 cm³/mol. The van der Waals surface area contributed by atoms with Crippen LogP contribution in [-0.4, -0.2) is 59.2 Å². The lowest BCUT2D eigenvalue weighted by Crippen LogP contribution is -2.62. The van der Waals surface area contributed by atoms with Crippen LogP contribution in [0, 0.1) is 5.92 Å². The Bertz CT molecular complexity index is 823. The number of amides is 3. The molecule has 0 aliphatic carbocycles. The van der Waals surface area contributed by atoms with E-state index in [2.05, 4.69) is 21.6 Å². The highest BCUT2D eigenvalue weighted by molar-refractivity contribution is 6.05. The topological polar surface area (TPSA) is 81.8 Å². The Hall–Kier alpha value is -2.25. The summed E-state index contributed by atoms with van der Waals surface area (Å²) in [7, 11) is 0. The first-order valence-corrected chi connectivity index (χ1v) is 9.81. The number of hydrogen-bond acceptors (Lipinski definition) is 5. The lowest BCUT2D eigenvalue weighted by atomic mass is 9.83. The first-order valence-electron chi connectivity index (χ1n) is 9.81. The fraction of sp³-hybridized carbons (Fsp3) is 0.550. The second-order valence-electron chi connectivity index (χ2n) is 8.14. The predicted octanol–water partition coefficient (Wildman–Crippen LogP) is 0.241. The number of benzene rings is 1. The molecule has 3 fully saturated rings. The standard InChI is InChI=1S/C20H24N4O3/c25-18-4-3-16(19(26)22-18)24-11-14-7-12(1-2-15(14)20(24)27)9-23-10-13-5-6-21-8-17(13)23/h1-2,7,13,16-17,21H,3-6,8-11H2,(H,22,25,26). The SMILES string of the molecule is O=C1CCC(N2Cc3cc(CN4CC5CCNCC54)ccc3C2=O)C(=O)N1. The molecule has 1 aromatic rings. The molecule has 0 aromatic heterocycles. The van der Waals surface area contributed by atoms with E-state index in [0.29, 0.717) is 24.6 Å². The number of nitrogens with zero attached hydrogens (tertiary/aromatic N) is 2. The highest BCUT2D eigenvalue weighted by Gasteiger charge is 2.41. The number of likely N-dealkylation sites (tertiary alicyclic amines) is 1. The lowest BCUT2D eigenvalue weighted by Gasteiger charge is -2.51. The van der Waals surface area contributed by atoms with Gasteiger partial charge in [-0.1, -0.05) is 12.1 Å². The van der Waals surface area contributed by atoms with E-state index in [9.17, 15) is 14.4 Å². The molecule has 3 amide bonds. The Labute approximate surface area is 158 Å². The molecule has 7 nitrogen and oxygen atoms in total. The molecule has 2 N–H and O–H groups in total. The number of piperidine rings is 2. The number of carbonyl (C=O) groups is 3. The maximum Gasteiger partial charge on any atom is 0.255 e. The van der Waals surface area contributed by atoms with Gasteiger partial charge in [-0.15, -0.1) is 0 Å². The average Bonchev–Trinajstić information content (AvgIpc) is 2.96. The minimum Gasteiger partial charge on any atom is -0.322 e. The van der Waals surface area contributed by atoms with Crippen molar-refractivity contribution in [2.75, 3.05) is 19.6 Å². The van der Waals surface area contributed by atoms with Gasteiger partial charge < -0.3 is 10.2 Å². The number of imide groups is 1. The van der Waals surface area contributed by atoms with Crippen LogP contribution < -0.4 is 10.6 Å². The van der Waals surface area contributed by atoms with Crippen molar-refractivity contribution in [2.45, 2.75) is 44.4 Å². The molecule has 3 atom stereocenters. The van der Waals surface area contributed by atoms with Crippen molar-refractivity contribution >= 4 is 17.7 Å². The molecular formula is C20H24N4O3. The van der Waals surface area contributed by atoms with Crippen LogP contribution in [0.1, 0.15) is 40.7 Å². The van der Waals surface area contributed by atoms with Crippen LogP contribution in [0.2, 0.25) is 0 Å². The van der Waals surface area contributed by atoms with E-state index in [1.54, 1.807) is 4.90 Å². The Balaban J connectivity index is 1.29. The van der Waals surface area contributed by atoms with Gasteiger partial charge in [0, 0.05) is 44.2 Å². The first kappa shape index (κ1) is 16.9. The van der Waals surface area contributed by atoms with Crippen molar-refractivity contribution in [3.63, 3.8) is 0 Å². The molecule has 1 aromatic carbocycles. The molecule has 3 saturated heterocycles. The monoisotopic (exact) mass is 368 g/mol. The van der Waals surface area contributed by atoms with Crippen LogP contribution >= 0.6 is 0 Å². The van der Waals surface area contributed by atoms with Crippen LogP contribution in [0.4, 0.5) is 0 Å². The zero-order valence-electron chi connectivity index (χ0n) is 15.2. The smallest absolute Gasteiger partial charge is 0.255 e. The Morgan fingerprint density at radius 3 is 2.85 bits per heavy atom. The van der Waals surface area contributed by atoms with Crippen molar-refractivity contribution in [1.29, 1.82) is 0 Å². The fourth-order valence-corrected chi connectivity index (χ4v) is 4.98.